The summed E-state index contributed by atoms with van der Waals surface area (Å²) in [5.41, 5.74) is 4.69. The van der Waals surface area contributed by atoms with E-state index < -0.39 is 0 Å². The van der Waals surface area contributed by atoms with Gasteiger partial charge in [-0.3, -0.25) is 4.90 Å². The summed E-state index contributed by atoms with van der Waals surface area (Å²) in [7, 11) is 0. The van der Waals surface area contributed by atoms with Crippen molar-refractivity contribution in [1.29, 1.82) is 0 Å². The van der Waals surface area contributed by atoms with Gasteiger partial charge in [-0.25, -0.2) is 4.79 Å². The molecule has 4 nitrogen and oxygen atoms in total. The second-order valence-electron chi connectivity index (χ2n) is 6.23. The molecule has 4 heteroatoms. The lowest BCUT2D eigenvalue weighted by atomic mass is 10.0. The van der Waals surface area contributed by atoms with Gasteiger partial charge in [0.2, 0.25) is 0 Å². The Bertz CT molecular complexity index is 868. The van der Waals surface area contributed by atoms with Gasteiger partial charge in [-0.2, -0.15) is 0 Å². The first-order chi connectivity index (χ1) is 11.8. The largest absolute Gasteiger partial charge is 0.361 e. The van der Waals surface area contributed by atoms with E-state index in [1.807, 2.05) is 41.4 Å². The number of benzene rings is 2. The number of carbonyl (C=O) groups excluding carboxylic acids is 1. The van der Waals surface area contributed by atoms with Gasteiger partial charge >= 0.3 is 6.03 Å². The van der Waals surface area contributed by atoms with Crippen molar-refractivity contribution in [1.82, 2.24) is 10.3 Å². The molecule has 0 unspecified atom stereocenters. The minimum Gasteiger partial charge on any atom is -0.361 e. The normalized spacial score (nSPS) is 13.8. The molecular weight excluding hydrogens is 298 g/mol. The summed E-state index contributed by atoms with van der Waals surface area (Å²) in [5.74, 6) is 0. The highest BCUT2D eigenvalue weighted by molar-refractivity contribution is 5.93. The third-order valence-electron chi connectivity index (χ3n) is 4.70. The van der Waals surface area contributed by atoms with E-state index >= 15 is 0 Å². The van der Waals surface area contributed by atoms with E-state index in [-0.39, 0.29) is 6.03 Å². The smallest absolute Gasteiger partial charge is 0.321 e. The monoisotopic (exact) mass is 319 g/mol. The lowest BCUT2D eigenvalue weighted by molar-refractivity contribution is 0.246. The number of H-pyrrole nitrogens is 1. The Balaban J connectivity index is 1.41. The topological polar surface area (TPSA) is 48.1 Å². The fourth-order valence-corrected chi connectivity index (χ4v) is 3.48. The number of amides is 2. The van der Waals surface area contributed by atoms with Crippen molar-refractivity contribution in [3.05, 3.63) is 65.9 Å². The summed E-state index contributed by atoms with van der Waals surface area (Å²) in [5, 5.41) is 4.30. The van der Waals surface area contributed by atoms with Gasteiger partial charge in [0.25, 0.3) is 0 Å². The second-order valence-corrected chi connectivity index (χ2v) is 6.23. The van der Waals surface area contributed by atoms with Crippen LogP contribution in [0.5, 0.6) is 0 Å². The molecule has 0 spiro atoms. The minimum absolute atomic E-state index is 0.00184. The van der Waals surface area contributed by atoms with E-state index in [0.29, 0.717) is 6.54 Å². The highest BCUT2D eigenvalue weighted by atomic mass is 16.2. The molecule has 122 valence electrons. The Hall–Kier alpha value is -2.75. The molecule has 0 fully saturated rings. The zero-order valence-corrected chi connectivity index (χ0v) is 13.6. The van der Waals surface area contributed by atoms with Gasteiger partial charge in [-0.15, -0.1) is 0 Å². The summed E-state index contributed by atoms with van der Waals surface area (Å²) in [4.78, 5) is 17.7. The van der Waals surface area contributed by atoms with Crippen molar-refractivity contribution in [2.24, 2.45) is 0 Å². The molecule has 24 heavy (non-hydrogen) atoms. The van der Waals surface area contributed by atoms with Crippen LogP contribution in [0, 0.1) is 0 Å². The average Bonchev–Trinajstić information content (AvgIpc) is 3.04. The van der Waals surface area contributed by atoms with Gasteiger partial charge in [0.05, 0.1) is 0 Å². The van der Waals surface area contributed by atoms with Crippen molar-refractivity contribution >= 4 is 22.6 Å². The maximum absolute atomic E-state index is 12.6. The fourth-order valence-electron chi connectivity index (χ4n) is 3.48. The number of aromatic nitrogens is 1. The molecule has 4 rings (SSSR count). The van der Waals surface area contributed by atoms with Crippen molar-refractivity contribution in [2.45, 2.75) is 19.3 Å². The molecule has 0 radical (unpaired) electrons. The molecule has 1 aliphatic rings. The number of carbonyl (C=O) groups is 1. The summed E-state index contributed by atoms with van der Waals surface area (Å²) < 4.78 is 0. The number of aryl methyl sites for hydroxylation is 1. The quantitative estimate of drug-likeness (QED) is 0.756. The van der Waals surface area contributed by atoms with Crippen LogP contribution in [-0.4, -0.2) is 24.1 Å². The molecule has 2 N–H and O–H groups in total. The van der Waals surface area contributed by atoms with E-state index in [1.165, 1.54) is 16.5 Å². The number of rotatable bonds is 3. The van der Waals surface area contributed by atoms with Crippen molar-refractivity contribution < 1.29 is 4.79 Å². The van der Waals surface area contributed by atoms with E-state index in [1.54, 1.807) is 0 Å². The molecule has 0 bridgehead atoms. The van der Waals surface area contributed by atoms with Gasteiger partial charge in [-0.1, -0.05) is 36.4 Å². The number of aromatic amines is 1. The van der Waals surface area contributed by atoms with E-state index in [2.05, 4.69) is 28.5 Å². The number of fused-ring (bicyclic) bond motifs is 2. The minimum atomic E-state index is 0.00184. The third-order valence-corrected chi connectivity index (χ3v) is 4.70. The average molecular weight is 319 g/mol. The van der Waals surface area contributed by atoms with E-state index in [4.69, 9.17) is 0 Å². The van der Waals surface area contributed by atoms with Crippen LogP contribution in [-0.2, 0) is 12.8 Å². The first-order valence-corrected chi connectivity index (χ1v) is 8.51. The van der Waals surface area contributed by atoms with Crippen molar-refractivity contribution in [2.75, 3.05) is 18.0 Å². The number of nitrogens with zero attached hydrogens (tertiary/aromatic N) is 1. The predicted molar refractivity (Wildman–Crippen MR) is 97.5 cm³/mol. The molecule has 0 saturated carbocycles. The zero-order valence-electron chi connectivity index (χ0n) is 13.6. The predicted octanol–water partition coefficient (Wildman–Crippen LogP) is 3.87. The molecule has 2 heterocycles. The highest BCUT2D eigenvalue weighted by Gasteiger charge is 2.21. The molecule has 2 amide bonds. The van der Waals surface area contributed by atoms with Gasteiger partial charge in [0.1, 0.15) is 0 Å². The lowest BCUT2D eigenvalue weighted by Gasteiger charge is -2.29. The number of para-hydroxylation sites is 2. The Kier molecular flexibility index (Phi) is 3.95. The van der Waals surface area contributed by atoms with Crippen LogP contribution < -0.4 is 10.2 Å². The fraction of sp³-hybridized carbons (Fsp3) is 0.250. The SMILES string of the molecule is O=C(NCCc1c[nH]c2ccccc12)N1CCCc2ccccc21. The molecule has 0 aliphatic carbocycles. The van der Waals surface area contributed by atoms with Crippen LogP contribution >= 0.6 is 0 Å². The van der Waals surface area contributed by atoms with Crippen LogP contribution in [0.15, 0.2) is 54.7 Å². The Morgan fingerprint density at radius 2 is 1.96 bits per heavy atom. The first-order valence-electron chi connectivity index (χ1n) is 8.51. The lowest BCUT2D eigenvalue weighted by Crippen LogP contribution is -2.43. The molecule has 3 aromatic rings. The van der Waals surface area contributed by atoms with Crippen LogP contribution in [0.2, 0.25) is 0 Å². The Morgan fingerprint density at radius 3 is 2.92 bits per heavy atom. The van der Waals surface area contributed by atoms with Crippen LogP contribution in [0.4, 0.5) is 10.5 Å². The number of nitrogens with one attached hydrogen (secondary N) is 2. The maximum atomic E-state index is 12.6. The number of hydrogen-bond acceptors (Lipinski definition) is 1. The van der Waals surface area contributed by atoms with Crippen LogP contribution in [0.3, 0.4) is 0 Å². The van der Waals surface area contributed by atoms with Crippen molar-refractivity contribution in [3.63, 3.8) is 0 Å². The van der Waals surface area contributed by atoms with Gasteiger partial charge in [0, 0.05) is 35.9 Å². The second kappa shape index (κ2) is 6.40. The molecule has 0 atom stereocenters. The van der Waals surface area contributed by atoms with Crippen LogP contribution in [0.1, 0.15) is 17.5 Å². The Labute approximate surface area is 141 Å². The van der Waals surface area contributed by atoms with Gasteiger partial charge in [0.15, 0.2) is 0 Å². The number of hydrogen-bond donors (Lipinski definition) is 2. The number of anilines is 1. The molecule has 1 aromatic heterocycles. The number of urea groups is 1. The zero-order chi connectivity index (χ0) is 16.4. The van der Waals surface area contributed by atoms with E-state index in [0.717, 1.165) is 37.0 Å². The van der Waals surface area contributed by atoms with Crippen LogP contribution in [0.25, 0.3) is 10.9 Å². The highest BCUT2D eigenvalue weighted by Crippen LogP contribution is 2.26. The van der Waals surface area contributed by atoms with Crippen molar-refractivity contribution in [3.8, 4) is 0 Å². The summed E-state index contributed by atoms with van der Waals surface area (Å²) in [6, 6.07) is 16.4. The third kappa shape index (κ3) is 2.75. The maximum Gasteiger partial charge on any atom is 0.321 e. The molecular formula is C20H21N3O. The summed E-state index contributed by atoms with van der Waals surface area (Å²) >= 11 is 0. The van der Waals surface area contributed by atoms with Gasteiger partial charge < -0.3 is 10.3 Å². The molecule has 2 aromatic carbocycles. The van der Waals surface area contributed by atoms with E-state index in [9.17, 15) is 4.79 Å². The summed E-state index contributed by atoms with van der Waals surface area (Å²) in [6.45, 7) is 1.43. The summed E-state index contributed by atoms with van der Waals surface area (Å²) in [6.07, 6.45) is 4.93. The molecule has 1 aliphatic heterocycles. The first kappa shape index (κ1) is 14.8. The standard InChI is InChI=1S/C20H21N3O/c24-20(23-13-5-7-15-6-1-4-10-19(15)23)21-12-11-16-14-22-18-9-3-2-8-17(16)18/h1-4,6,8-10,14,22H,5,7,11-13H2,(H,21,24). The van der Waals surface area contributed by atoms with Gasteiger partial charge in [-0.05, 0) is 42.5 Å². The molecule has 0 saturated heterocycles. The Morgan fingerprint density at radius 1 is 1.12 bits per heavy atom.